The van der Waals surface area contributed by atoms with Crippen molar-refractivity contribution in [2.45, 2.75) is 88.4 Å². The van der Waals surface area contributed by atoms with E-state index < -0.39 is 5.82 Å². The van der Waals surface area contributed by atoms with E-state index in [0.717, 1.165) is 44.9 Å². The second-order valence-electron chi connectivity index (χ2n) is 8.58. The van der Waals surface area contributed by atoms with E-state index in [0.29, 0.717) is 11.6 Å². The minimum absolute atomic E-state index is 0.0322. The van der Waals surface area contributed by atoms with Crippen LogP contribution in [0.4, 0.5) is 9.18 Å². The van der Waals surface area contributed by atoms with Gasteiger partial charge in [0, 0.05) is 29.7 Å². The molecule has 6 heteroatoms. The van der Waals surface area contributed by atoms with Crippen molar-refractivity contribution in [3.63, 3.8) is 0 Å². The van der Waals surface area contributed by atoms with Gasteiger partial charge in [-0.15, -0.1) is 0 Å². The van der Waals surface area contributed by atoms with Crippen LogP contribution in [0, 0.1) is 5.82 Å². The molecule has 2 heterocycles. The van der Waals surface area contributed by atoms with E-state index in [2.05, 4.69) is 15.5 Å². The molecule has 4 rings (SSSR count). The van der Waals surface area contributed by atoms with Crippen LogP contribution in [0.5, 0.6) is 0 Å². The third kappa shape index (κ3) is 4.31. The normalized spacial score (nSPS) is 27.9. The number of hydrogen-bond donors (Lipinski definition) is 2. The second-order valence-corrected chi connectivity index (χ2v) is 8.58. The molecule has 2 N–H and O–H groups in total. The largest absolute Gasteiger partial charge is 0.349 e. The number of hydrogen-bond acceptors (Lipinski definition) is 2. The zero-order valence-electron chi connectivity index (χ0n) is 16.3. The van der Waals surface area contributed by atoms with Crippen LogP contribution in [0.1, 0.15) is 74.6 Å². The quantitative estimate of drug-likeness (QED) is 0.824. The van der Waals surface area contributed by atoms with E-state index in [1.807, 2.05) is 0 Å². The number of benzene rings is 1. The van der Waals surface area contributed by atoms with Gasteiger partial charge in [-0.05, 0) is 63.1 Å². The molecule has 1 saturated carbocycles. The number of rotatable bonds is 3. The van der Waals surface area contributed by atoms with Crippen LogP contribution >= 0.6 is 0 Å². The number of nitrogens with one attached hydrogen (secondary N) is 2. The molecular formula is C22H30FN3O2. The van der Waals surface area contributed by atoms with Gasteiger partial charge in [0.15, 0.2) is 0 Å². The van der Waals surface area contributed by atoms with E-state index in [-0.39, 0.29) is 30.1 Å². The maximum atomic E-state index is 13.4. The van der Waals surface area contributed by atoms with Crippen molar-refractivity contribution >= 4 is 11.9 Å². The molecule has 1 aromatic rings. The minimum atomic E-state index is -0.404. The highest BCUT2D eigenvalue weighted by atomic mass is 19.1. The van der Waals surface area contributed by atoms with Crippen LogP contribution in [0.15, 0.2) is 24.3 Å². The Kier molecular flexibility index (Phi) is 5.83. The first-order valence-electron chi connectivity index (χ1n) is 10.8. The highest BCUT2D eigenvalue weighted by Crippen LogP contribution is 2.34. The molecule has 3 aliphatic rings. The molecule has 2 bridgehead atoms. The molecule has 0 radical (unpaired) electrons. The van der Waals surface area contributed by atoms with E-state index in [9.17, 15) is 14.0 Å². The zero-order chi connectivity index (χ0) is 19.5. The number of fused-ring (bicyclic) bond motifs is 2. The Balaban J connectivity index is 1.37. The highest BCUT2D eigenvalue weighted by Gasteiger charge is 2.41. The van der Waals surface area contributed by atoms with Gasteiger partial charge in [-0.25, -0.2) is 9.18 Å². The lowest BCUT2D eigenvalue weighted by Gasteiger charge is -2.49. The van der Waals surface area contributed by atoms with Crippen LogP contribution in [0.3, 0.4) is 0 Å². The molecule has 3 atom stereocenters. The molecule has 0 spiro atoms. The Labute approximate surface area is 166 Å². The van der Waals surface area contributed by atoms with Gasteiger partial charge in [0.25, 0.3) is 5.91 Å². The van der Waals surface area contributed by atoms with E-state index in [1.165, 1.54) is 31.4 Å². The molecule has 28 heavy (non-hydrogen) atoms. The predicted octanol–water partition coefficient (Wildman–Crippen LogP) is 3.98. The fourth-order valence-corrected chi connectivity index (χ4v) is 5.23. The molecule has 5 nitrogen and oxygen atoms in total. The van der Waals surface area contributed by atoms with Crippen LogP contribution in [0.25, 0.3) is 0 Å². The van der Waals surface area contributed by atoms with Gasteiger partial charge in [0.2, 0.25) is 0 Å². The molecular weight excluding hydrogens is 357 g/mol. The third-order valence-electron chi connectivity index (χ3n) is 6.56. The average Bonchev–Trinajstić information content (AvgIpc) is 2.68. The summed E-state index contributed by atoms with van der Waals surface area (Å²) in [6.07, 6.45) is 10.5. The monoisotopic (exact) mass is 387 g/mol. The number of halogens is 1. The summed E-state index contributed by atoms with van der Waals surface area (Å²) >= 11 is 0. The first-order valence-corrected chi connectivity index (χ1v) is 10.8. The van der Waals surface area contributed by atoms with Gasteiger partial charge in [-0.2, -0.15) is 0 Å². The van der Waals surface area contributed by atoms with Crippen LogP contribution < -0.4 is 10.6 Å². The minimum Gasteiger partial charge on any atom is -0.349 e. The van der Waals surface area contributed by atoms with Crippen LogP contribution in [0.2, 0.25) is 0 Å². The first-order chi connectivity index (χ1) is 13.6. The predicted molar refractivity (Wildman–Crippen MR) is 106 cm³/mol. The summed E-state index contributed by atoms with van der Waals surface area (Å²) in [7, 11) is 0. The Morgan fingerprint density at radius 1 is 0.893 bits per heavy atom. The van der Waals surface area contributed by atoms with Gasteiger partial charge in [0.05, 0.1) is 0 Å². The number of piperidine rings is 2. The fourth-order valence-electron chi connectivity index (χ4n) is 5.23. The lowest BCUT2D eigenvalue weighted by molar-refractivity contribution is 0.0506. The number of urea groups is 1. The summed E-state index contributed by atoms with van der Waals surface area (Å²) in [4.78, 5) is 27.5. The Morgan fingerprint density at radius 3 is 2.29 bits per heavy atom. The van der Waals surface area contributed by atoms with E-state index in [1.54, 1.807) is 12.1 Å². The first kappa shape index (κ1) is 19.2. The second kappa shape index (κ2) is 8.50. The third-order valence-corrected chi connectivity index (χ3v) is 6.56. The van der Waals surface area contributed by atoms with Crippen molar-refractivity contribution in [3.05, 3.63) is 35.6 Å². The molecule has 2 aliphatic heterocycles. The molecule has 2 saturated heterocycles. The maximum Gasteiger partial charge on any atom is 0.318 e. The molecule has 3 fully saturated rings. The fraction of sp³-hybridized carbons (Fsp3) is 0.636. The molecule has 3 amide bonds. The maximum absolute atomic E-state index is 13.4. The smallest absolute Gasteiger partial charge is 0.318 e. The van der Waals surface area contributed by atoms with Gasteiger partial charge in [0.1, 0.15) is 5.82 Å². The number of carbonyl (C=O) groups excluding carboxylic acids is 2. The summed E-state index contributed by atoms with van der Waals surface area (Å²) < 4.78 is 13.4. The van der Waals surface area contributed by atoms with Gasteiger partial charge in [-0.3, -0.25) is 4.79 Å². The summed E-state index contributed by atoms with van der Waals surface area (Å²) in [6, 6.07) is 6.56. The molecule has 0 aromatic heterocycles. The van der Waals surface area contributed by atoms with Crippen molar-refractivity contribution in [2.75, 3.05) is 0 Å². The van der Waals surface area contributed by atoms with Gasteiger partial charge in [-0.1, -0.05) is 25.3 Å². The number of amides is 3. The summed E-state index contributed by atoms with van der Waals surface area (Å²) in [6.45, 7) is 0. The topological polar surface area (TPSA) is 61.4 Å². The van der Waals surface area contributed by atoms with Crippen LogP contribution in [-0.4, -0.2) is 41.0 Å². The molecule has 152 valence electrons. The van der Waals surface area contributed by atoms with Gasteiger partial charge < -0.3 is 15.5 Å². The van der Waals surface area contributed by atoms with Crippen molar-refractivity contribution in [2.24, 2.45) is 0 Å². The Morgan fingerprint density at radius 2 is 1.61 bits per heavy atom. The molecule has 1 unspecified atom stereocenters. The Hall–Kier alpha value is -2.11. The van der Waals surface area contributed by atoms with Crippen LogP contribution in [-0.2, 0) is 0 Å². The van der Waals surface area contributed by atoms with Gasteiger partial charge >= 0.3 is 6.03 Å². The van der Waals surface area contributed by atoms with Crippen molar-refractivity contribution in [1.82, 2.24) is 15.5 Å². The lowest BCUT2D eigenvalue weighted by Crippen LogP contribution is -2.61. The van der Waals surface area contributed by atoms with E-state index >= 15 is 0 Å². The average molecular weight is 387 g/mol. The van der Waals surface area contributed by atoms with Crippen molar-refractivity contribution < 1.29 is 14.0 Å². The molecule has 1 aromatic carbocycles. The van der Waals surface area contributed by atoms with Crippen molar-refractivity contribution in [3.8, 4) is 0 Å². The number of nitrogens with zero attached hydrogens (tertiary/aromatic N) is 1. The SMILES string of the molecule is O=C(NC1C[C@H]2CCC[C@@H](C1)N2C(=O)NC1CCCCC1)c1cccc(F)c1. The zero-order valence-corrected chi connectivity index (χ0v) is 16.3. The Bertz CT molecular complexity index is 705. The lowest BCUT2D eigenvalue weighted by atomic mass is 9.82. The summed E-state index contributed by atoms with van der Waals surface area (Å²) in [5, 5.41) is 6.33. The molecule has 1 aliphatic carbocycles. The summed E-state index contributed by atoms with van der Waals surface area (Å²) in [5.41, 5.74) is 0.350. The standard InChI is InChI=1S/C22H30FN3O2/c23-16-7-4-6-15(12-16)21(27)24-18-13-19-10-5-11-20(14-18)26(19)22(28)25-17-8-2-1-3-9-17/h4,6-7,12,17-20H,1-3,5,8-11,13-14H2,(H,24,27)(H,25,28)/t18?,19-,20+. The van der Waals surface area contributed by atoms with Crippen molar-refractivity contribution in [1.29, 1.82) is 0 Å². The summed E-state index contributed by atoms with van der Waals surface area (Å²) in [5.74, 6) is -0.638. The highest BCUT2D eigenvalue weighted by molar-refractivity contribution is 5.94. The number of carbonyl (C=O) groups is 2. The van der Waals surface area contributed by atoms with E-state index in [4.69, 9.17) is 0 Å².